The van der Waals surface area contributed by atoms with E-state index in [-0.39, 0.29) is 5.97 Å². The largest absolute Gasteiger partial charge is 0.461 e. The Hall–Kier alpha value is -1.32. The minimum Gasteiger partial charge on any atom is -0.461 e. The first-order chi connectivity index (χ1) is 6.65. The molecule has 0 aliphatic heterocycles. The van der Waals surface area contributed by atoms with E-state index < -0.39 is 0 Å². The number of esters is 1. The molecule has 0 aromatic carbocycles. The molecule has 0 aliphatic rings. The maximum atomic E-state index is 11.4. The standard InChI is InChI=1S/C10H16N2O2/c1-4-14-10(13)9-8(5-7(2)3)6-11-12-9/h6-7H,4-5H2,1-3H3,(H,11,12). The Morgan fingerprint density at radius 2 is 2.36 bits per heavy atom. The fourth-order valence-electron chi connectivity index (χ4n) is 1.29. The predicted molar refractivity (Wildman–Crippen MR) is 53.1 cm³/mol. The number of hydrogen-bond acceptors (Lipinski definition) is 3. The lowest BCUT2D eigenvalue weighted by molar-refractivity contribution is 0.0518. The summed E-state index contributed by atoms with van der Waals surface area (Å²) >= 11 is 0. The Labute approximate surface area is 83.7 Å². The average Bonchev–Trinajstić information content (AvgIpc) is 2.51. The van der Waals surface area contributed by atoms with Crippen molar-refractivity contribution in [3.8, 4) is 0 Å². The van der Waals surface area contributed by atoms with Crippen molar-refractivity contribution in [3.63, 3.8) is 0 Å². The number of nitrogens with one attached hydrogen (secondary N) is 1. The average molecular weight is 196 g/mol. The SMILES string of the molecule is CCOC(=O)c1[nH]ncc1CC(C)C. The van der Waals surface area contributed by atoms with Crippen LogP contribution in [0.4, 0.5) is 0 Å². The number of ether oxygens (including phenoxy) is 1. The van der Waals surface area contributed by atoms with Crippen molar-refractivity contribution in [1.29, 1.82) is 0 Å². The summed E-state index contributed by atoms with van der Waals surface area (Å²) in [5.74, 6) is 0.182. The number of aromatic nitrogens is 2. The third-order valence-corrected chi connectivity index (χ3v) is 1.83. The molecule has 0 bridgehead atoms. The summed E-state index contributed by atoms with van der Waals surface area (Å²) in [6.07, 6.45) is 2.52. The third-order valence-electron chi connectivity index (χ3n) is 1.83. The van der Waals surface area contributed by atoms with Crippen LogP contribution in [0.25, 0.3) is 0 Å². The molecule has 0 amide bonds. The summed E-state index contributed by atoms with van der Waals surface area (Å²) in [4.78, 5) is 11.4. The molecule has 1 rings (SSSR count). The number of nitrogens with zero attached hydrogens (tertiary/aromatic N) is 1. The molecule has 0 saturated carbocycles. The Bertz CT molecular complexity index is 305. The van der Waals surface area contributed by atoms with Crippen LogP contribution in [0, 0.1) is 5.92 Å². The van der Waals surface area contributed by atoms with Gasteiger partial charge in [-0.3, -0.25) is 5.10 Å². The van der Waals surface area contributed by atoms with Gasteiger partial charge in [-0.1, -0.05) is 13.8 Å². The molecular weight excluding hydrogens is 180 g/mol. The molecule has 0 saturated heterocycles. The smallest absolute Gasteiger partial charge is 0.356 e. The van der Waals surface area contributed by atoms with Crippen LogP contribution in [0.3, 0.4) is 0 Å². The highest BCUT2D eigenvalue weighted by Crippen LogP contribution is 2.11. The second-order valence-electron chi connectivity index (χ2n) is 3.59. The van der Waals surface area contributed by atoms with Crippen LogP contribution in [0.15, 0.2) is 6.20 Å². The van der Waals surface area contributed by atoms with Gasteiger partial charge >= 0.3 is 5.97 Å². The fraction of sp³-hybridized carbons (Fsp3) is 0.600. The van der Waals surface area contributed by atoms with Crippen LogP contribution in [-0.2, 0) is 11.2 Å². The molecule has 4 nitrogen and oxygen atoms in total. The van der Waals surface area contributed by atoms with Crippen molar-refractivity contribution in [2.24, 2.45) is 5.92 Å². The molecule has 14 heavy (non-hydrogen) atoms. The molecule has 78 valence electrons. The maximum Gasteiger partial charge on any atom is 0.356 e. The molecule has 4 heteroatoms. The van der Waals surface area contributed by atoms with Crippen LogP contribution in [-0.4, -0.2) is 22.8 Å². The molecule has 1 aromatic rings. The van der Waals surface area contributed by atoms with Gasteiger partial charge in [0.1, 0.15) is 5.69 Å². The molecule has 1 N–H and O–H groups in total. The van der Waals surface area contributed by atoms with E-state index in [4.69, 9.17) is 4.74 Å². The molecule has 0 unspecified atom stereocenters. The molecule has 1 heterocycles. The van der Waals surface area contributed by atoms with Crippen molar-refractivity contribution in [2.75, 3.05) is 6.61 Å². The predicted octanol–water partition coefficient (Wildman–Crippen LogP) is 1.78. The molecule has 1 aromatic heterocycles. The van der Waals surface area contributed by atoms with Gasteiger partial charge in [-0.05, 0) is 19.3 Å². The van der Waals surface area contributed by atoms with E-state index in [0.29, 0.717) is 18.2 Å². The number of aromatic amines is 1. The van der Waals surface area contributed by atoms with Crippen LogP contribution in [0.5, 0.6) is 0 Å². The highest BCUT2D eigenvalue weighted by Gasteiger charge is 2.15. The second kappa shape index (κ2) is 4.79. The number of rotatable bonds is 4. The van der Waals surface area contributed by atoms with Crippen molar-refractivity contribution < 1.29 is 9.53 Å². The first kappa shape index (κ1) is 10.8. The quantitative estimate of drug-likeness (QED) is 0.747. The summed E-state index contributed by atoms with van der Waals surface area (Å²) in [6, 6.07) is 0. The fourth-order valence-corrected chi connectivity index (χ4v) is 1.29. The molecule has 0 aliphatic carbocycles. The van der Waals surface area contributed by atoms with E-state index in [9.17, 15) is 4.79 Å². The van der Waals surface area contributed by atoms with E-state index in [1.54, 1.807) is 13.1 Å². The molecule has 0 fully saturated rings. The van der Waals surface area contributed by atoms with Crippen LogP contribution in [0.1, 0.15) is 36.8 Å². The molecule has 0 radical (unpaired) electrons. The van der Waals surface area contributed by atoms with Crippen molar-refractivity contribution in [2.45, 2.75) is 27.2 Å². The summed E-state index contributed by atoms with van der Waals surface area (Å²) in [5, 5.41) is 6.52. The number of carbonyl (C=O) groups excluding carboxylic acids is 1. The lowest BCUT2D eigenvalue weighted by Crippen LogP contribution is -2.09. The van der Waals surface area contributed by atoms with Crippen LogP contribution < -0.4 is 0 Å². The maximum absolute atomic E-state index is 11.4. The summed E-state index contributed by atoms with van der Waals surface area (Å²) in [7, 11) is 0. The lowest BCUT2D eigenvalue weighted by atomic mass is 10.0. The topological polar surface area (TPSA) is 55.0 Å². The van der Waals surface area contributed by atoms with Gasteiger partial charge in [0.25, 0.3) is 0 Å². The van der Waals surface area contributed by atoms with E-state index in [1.807, 2.05) is 0 Å². The van der Waals surface area contributed by atoms with Crippen molar-refractivity contribution >= 4 is 5.97 Å². The monoisotopic (exact) mass is 196 g/mol. The zero-order valence-corrected chi connectivity index (χ0v) is 8.83. The Morgan fingerprint density at radius 3 is 2.93 bits per heavy atom. The lowest BCUT2D eigenvalue weighted by Gasteiger charge is -2.04. The third kappa shape index (κ3) is 2.58. The van der Waals surface area contributed by atoms with Gasteiger partial charge in [0.15, 0.2) is 0 Å². The van der Waals surface area contributed by atoms with Crippen LogP contribution >= 0.6 is 0 Å². The molecule has 0 spiro atoms. The van der Waals surface area contributed by atoms with Gasteiger partial charge in [-0.2, -0.15) is 5.10 Å². The normalized spacial score (nSPS) is 10.6. The van der Waals surface area contributed by atoms with Gasteiger partial charge in [0, 0.05) is 5.56 Å². The number of hydrogen-bond donors (Lipinski definition) is 1. The summed E-state index contributed by atoms with van der Waals surface area (Å²) in [5.41, 5.74) is 1.42. The summed E-state index contributed by atoms with van der Waals surface area (Å²) < 4.78 is 4.90. The number of H-pyrrole nitrogens is 1. The van der Waals surface area contributed by atoms with Gasteiger partial charge < -0.3 is 4.74 Å². The van der Waals surface area contributed by atoms with Gasteiger partial charge in [-0.25, -0.2) is 4.79 Å². The first-order valence-electron chi connectivity index (χ1n) is 4.84. The first-order valence-corrected chi connectivity index (χ1v) is 4.84. The Morgan fingerprint density at radius 1 is 1.64 bits per heavy atom. The van der Waals surface area contributed by atoms with E-state index in [1.165, 1.54) is 0 Å². The number of carbonyl (C=O) groups is 1. The minimum atomic E-state index is -0.319. The van der Waals surface area contributed by atoms with Crippen molar-refractivity contribution in [1.82, 2.24) is 10.2 Å². The highest BCUT2D eigenvalue weighted by atomic mass is 16.5. The van der Waals surface area contributed by atoms with Gasteiger partial charge in [-0.15, -0.1) is 0 Å². The van der Waals surface area contributed by atoms with E-state index in [0.717, 1.165) is 12.0 Å². The Balaban J connectivity index is 2.76. The second-order valence-corrected chi connectivity index (χ2v) is 3.59. The van der Waals surface area contributed by atoms with E-state index in [2.05, 4.69) is 24.0 Å². The van der Waals surface area contributed by atoms with Crippen LogP contribution in [0.2, 0.25) is 0 Å². The van der Waals surface area contributed by atoms with E-state index >= 15 is 0 Å². The van der Waals surface area contributed by atoms with Gasteiger partial charge in [0.05, 0.1) is 12.8 Å². The van der Waals surface area contributed by atoms with Gasteiger partial charge in [0.2, 0.25) is 0 Å². The zero-order chi connectivity index (χ0) is 10.6. The zero-order valence-electron chi connectivity index (χ0n) is 8.83. The Kier molecular flexibility index (Phi) is 3.68. The molecular formula is C10H16N2O2. The molecule has 0 atom stereocenters. The highest BCUT2D eigenvalue weighted by molar-refractivity contribution is 5.88. The van der Waals surface area contributed by atoms with Crippen molar-refractivity contribution in [3.05, 3.63) is 17.5 Å². The minimum absolute atomic E-state index is 0.319. The summed E-state index contributed by atoms with van der Waals surface area (Å²) in [6.45, 7) is 6.37.